The Hall–Kier alpha value is -1.28. The van der Waals surface area contributed by atoms with Crippen molar-refractivity contribution >= 4 is 5.57 Å². The maximum atomic E-state index is 9.28. The monoisotopic (exact) mass is 215 g/mol. The SMILES string of the molecule is CCN1CC2CC1C=C2c1ccc(O)cc1. The van der Waals surface area contributed by atoms with Gasteiger partial charge in [0.1, 0.15) is 5.75 Å². The number of likely N-dealkylation sites (tertiary alicyclic amines) is 1. The molecule has 0 aromatic heterocycles. The van der Waals surface area contributed by atoms with Crippen molar-refractivity contribution in [2.45, 2.75) is 19.4 Å². The standard InChI is InChI=1S/C14H17NO/c1-2-15-9-11-7-12(15)8-14(11)10-3-5-13(16)6-4-10/h3-6,8,11-12,16H,2,7,9H2,1H3. The number of rotatable bonds is 2. The summed E-state index contributed by atoms with van der Waals surface area (Å²) in [6.07, 6.45) is 3.69. The summed E-state index contributed by atoms with van der Waals surface area (Å²) in [4.78, 5) is 2.54. The van der Waals surface area contributed by atoms with Gasteiger partial charge in [-0.3, -0.25) is 4.90 Å². The van der Waals surface area contributed by atoms with Crippen molar-refractivity contribution in [2.24, 2.45) is 5.92 Å². The number of hydrogen-bond acceptors (Lipinski definition) is 2. The van der Waals surface area contributed by atoms with Gasteiger partial charge in [0.05, 0.1) is 0 Å². The van der Waals surface area contributed by atoms with E-state index in [1.54, 1.807) is 12.1 Å². The highest BCUT2D eigenvalue weighted by Gasteiger charge is 2.37. The summed E-state index contributed by atoms with van der Waals surface area (Å²) in [7, 11) is 0. The van der Waals surface area contributed by atoms with E-state index in [0.29, 0.717) is 17.7 Å². The molecule has 1 saturated heterocycles. The minimum Gasteiger partial charge on any atom is -0.508 e. The fourth-order valence-electron chi connectivity index (χ4n) is 3.03. The number of aromatic hydroxyl groups is 1. The molecule has 2 nitrogen and oxygen atoms in total. The molecule has 0 spiro atoms. The van der Waals surface area contributed by atoms with Crippen molar-refractivity contribution in [1.29, 1.82) is 0 Å². The molecule has 84 valence electrons. The summed E-state index contributed by atoms with van der Waals surface area (Å²) in [5, 5.41) is 9.28. The van der Waals surface area contributed by atoms with E-state index in [2.05, 4.69) is 17.9 Å². The molecule has 2 unspecified atom stereocenters. The lowest BCUT2D eigenvalue weighted by Crippen LogP contribution is -2.30. The predicted molar refractivity (Wildman–Crippen MR) is 65.2 cm³/mol. The molecule has 1 aliphatic carbocycles. The lowest BCUT2D eigenvalue weighted by atomic mass is 9.95. The van der Waals surface area contributed by atoms with Crippen LogP contribution in [-0.4, -0.2) is 29.1 Å². The lowest BCUT2D eigenvalue weighted by Gasteiger charge is -2.24. The molecule has 3 rings (SSSR count). The first-order valence-corrected chi connectivity index (χ1v) is 6.03. The number of nitrogens with zero attached hydrogens (tertiary/aromatic N) is 1. The largest absolute Gasteiger partial charge is 0.508 e. The zero-order valence-corrected chi connectivity index (χ0v) is 9.56. The van der Waals surface area contributed by atoms with Gasteiger partial charge in [-0.1, -0.05) is 25.1 Å². The molecule has 1 aromatic carbocycles. The lowest BCUT2D eigenvalue weighted by molar-refractivity contribution is 0.297. The van der Waals surface area contributed by atoms with Crippen LogP contribution in [0.25, 0.3) is 5.57 Å². The average molecular weight is 215 g/mol. The molecule has 2 heteroatoms. The zero-order valence-electron chi connectivity index (χ0n) is 9.56. The average Bonchev–Trinajstić information content (AvgIpc) is 2.88. The second-order valence-electron chi connectivity index (χ2n) is 4.76. The summed E-state index contributed by atoms with van der Waals surface area (Å²) in [5.41, 5.74) is 2.76. The third-order valence-corrected chi connectivity index (χ3v) is 3.87. The molecule has 1 N–H and O–H groups in total. The molecular weight excluding hydrogens is 198 g/mol. The van der Waals surface area contributed by atoms with E-state index in [0.717, 1.165) is 6.54 Å². The van der Waals surface area contributed by atoms with Crippen molar-refractivity contribution in [3.63, 3.8) is 0 Å². The first-order chi connectivity index (χ1) is 7.78. The van der Waals surface area contributed by atoms with Crippen LogP contribution in [0.15, 0.2) is 30.3 Å². The van der Waals surface area contributed by atoms with E-state index in [1.807, 2.05) is 12.1 Å². The number of likely N-dealkylation sites (N-methyl/N-ethyl adjacent to an activating group) is 1. The second-order valence-corrected chi connectivity index (χ2v) is 4.76. The molecule has 2 aliphatic rings. The van der Waals surface area contributed by atoms with Crippen LogP contribution in [0, 0.1) is 5.92 Å². The third kappa shape index (κ3) is 1.45. The smallest absolute Gasteiger partial charge is 0.115 e. The summed E-state index contributed by atoms with van der Waals surface area (Å²) >= 11 is 0. The van der Waals surface area contributed by atoms with Crippen LogP contribution in [0.2, 0.25) is 0 Å². The number of fused-ring (bicyclic) bond motifs is 2. The van der Waals surface area contributed by atoms with Gasteiger partial charge in [-0.15, -0.1) is 0 Å². The van der Waals surface area contributed by atoms with Crippen LogP contribution in [-0.2, 0) is 0 Å². The Balaban J connectivity index is 1.88. The first kappa shape index (κ1) is 9.91. The van der Waals surface area contributed by atoms with Gasteiger partial charge in [-0.2, -0.15) is 0 Å². The number of phenols is 1. The number of benzene rings is 1. The first-order valence-electron chi connectivity index (χ1n) is 6.03. The molecule has 0 amide bonds. The second kappa shape index (κ2) is 3.63. The molecule has 1 heterocycles. The Morgan fingerprint density at radius 2 is 2.06 bits per heavy atom. The minimum absolute atomic E-state index is 0.350. The Morgan fingerprint density at radius 1 is 1.31 bits per heavy atom. The van der Waals surface area contributed by atoms with Crippen LogP contribution in [0.5, 0.6) is 5.75 Å². The summed E-state index contributed by atoms with van der Waals surface area (Å²) < 4.78 is 0. The van der Waals surface area contributed by atoms with Gasteiger partial charge in [-0.25, -0.2) is 0 Å². The minimum atomic E-state index is 0.350. The Morgan fingerprint density at radius 3 is 2.62 bits per heavy atom. The normalized spacial score (nSPS) is 28.4. The van der Waals surface area contributed by atoms with Gasteiger partial charge in [0.25, 0.3) is 0 Å². The molecule has 1 aliphatic heterocycles. The van der Waals surface area contributed by atoms with Crippen LogP contribution in [0.1, 0.15) is 18.9 Å². The van der Waals surface area contributed by atoms with Gasteiger partial charge in [0.2, 0.25) is 0 Å². The molecule has 1 aromatic rings. The summed E-state index contributed by atoms with van der Waals surface area (Å²) in [6, 6.07) is 8.26. The van der Waals surface area contributed by atoms with E-state index in [-0.39, 0.29) is 0 Å². The number of hydrogen-bond donors (Lipinski definition) is 1. The third-order valence-electron chi connectivity index (χ3n) is 3.87. The molecule has 2 bridgehead atoms. The van der Waals surface area contributed by atoms with Crippen LogP contribution >= 0.6 is 0 Å². The topological polar surface area (TPSA) is 23.5 Å². The van der Waals surface area contributed by atoms with Crippen molar-refractivity contribution in [1.82, 2.24) is 4.90 Å². The van der Waals surface area contributed by atoms with E-state index in [4.69, 9.17) is 0 Å². The van der Waals surface area contributed by atoms with Crippen LogP contribution < -0.4 is 0 Å². The predicted octanol–water partition coefficient (Wildman–Crippen LogP) is 2.50. The summed E-state index contributed by atoms with van der Waals surface area (Å²) in [5.74, 6) is 1.05. The zero-order chi connectivity index (χ0) is 11.1. The van der Waals surface area contributed by atoms with Crippen molar-refractivity contribution in [2.75, 3.05) is 13.1 Å². The van der Waals surface area contributed by atoms with Crippen molar-refractivity contribution < 1.29 is 5.11 Å². The molecule has 2 atom stereocenters. The van der Waals surface area contributed by atoms with E-state index in [1.165, 1.54) is 24.1 Å². The fourth-order valence-corrected chi connectivity index (χ4v) is 3.03. The Bertz CT molecular complexity index is 421. The quantitative estimate of drug-likeness (QED) is 0.819. The van der Waals surface area contributed by atoms with Gasteiger partial charge in [0, 0.05) is 12.6 Å². The van der Waals surface area contributed by atoms with Crippen molar-refractivity contribution in [3.8, 4) is 5.75 Å². The van der Waals surface area contributed by atoms with Crippen LogP contribution in [0.4, 0.5) is 0 Å². The highest BCUT2D eigenvalue weighted by Crippen LogP contribution is 2.42. The van der Waals surface area contributed by atoms with E-state index < -0.39 is 0 Å². The van der Waals surface area contributed by atoms with Gasteiger partial charge >= 0.3 is 0 Å². The van der Waals surface area contributed by atoms with Gasteiger partial charge in [0.15, 0.2) is 0 Å². The Kier molecular flexibility index (Phi) is 2.25. The Labute approximate surface area is 96.2 Å². The molecule has 16 heavy (non-hydrogen) atoms. The molecule has 0 radical (unpaired) electrons. The van der Waals surface area contributed by atoms with E-state index in [9.17, 15) is 5.11 Å². The maximum absolute atomic E-state index is 9.28. The van der Waals surface area contributed by atoms with Crippen LogP contribution in [0.3, 0.4) is 0 Å². The number of phenolic OH excluding ortho intramolecular Hbond substituents is 1. The maximum Gasteiger partial charge on any atom is 0.115 e. The molecular formula is C14H17NO. The molecule has 0 saturated carbocycles. The van der Waals surface area contributed by atoms with Gasteiger partial charge < -0.3 is 5.11 Å². The summed E-state index contributed by atoms with van der Waals surface area (Å²) in [6.45, 7) is 4.59. The molecule has 1 fully saturated rings. The highest BCUT2D eigenvalue weighted by molar-refractivity contribution is 5.72. The van der Waals surface area contributed by atoms with E-state index >= 15 is 0 Å². The van der Waals surface area contributed by atoms with Gasteiger partial charge in [-0.05, 0) is 42.2 Å². The fraction of sp³-hybridized carbons (Fsp3) is 0.429. The van der Waals surface area contributed by atoms with Crippen molar-refractivity contribution in [3.05, 3.63) is 35.9 Å². The highest BCUT2D eigenvalue weighted by atomic mass is 16.3.